The highest BCUT2D eigenvalue weighted by atomic mass is 28.4. The van der Waals surface area contributed by atoms with E-state index < -0.39 is 20.5 Å². The van der Waals surface area contributed by atoms with Gasteiger partial charge in [0.2, 0.25) is 0 Å². The Morgan fingerprint density at radius 3 is 2.05 bits per heavy atom. The number of carbonyl (C=O) groups is 1. The average molecular weight is 527 g/mol. The predicted molar refractivity (Wildman–Crippen MR) is 160 cm³/mol. The summed E-state index contributed by atoms with van der Waals surface area (Å²) < 4.78 is 12.8. The molecule has 0 saturated heterocycles. The number of ether oxygens (including phenoxy) is 1. The van der Waals surface area contributed by atoms with E-state index in [2.05, 4.69) is 117 Å². The smallest absolute Gasteiger partial charge is 0.307 e. The zero-order valence-electron chi connectivity index (χ0n) is 23.5. The molecule has 0 saturated carbocycles. The number of esters is 1. The fourth-order valence-corrected chi connectivity index (χ4v) is 9.47. The summed E-state index contributed by atoms with van der Waals surface area (Å²) in [6, 6.07) is 21.3. The maximum Gasteiger partial charge on any atom is 0.307 e. The van der Waals surface area contributed by atoms with Gasteiger partial charge in [-0.1, -0.05) is 120 Å². The van der Waals surface area contributed by atoms with Gasteiger partial charge in [-0.3, -0.25) is 4.79 Å². The zero-order valence-corrected chi connectivity index (χ0v) is 24.5. The third kappa shape index (κ3) is 8.22. The van der Waals surface area contributed by atoms with E-state index in [0.29, 0.717) is 12.8 Å². The number of cyclic esters (lactones) is 1. The molecule has 4 heteroatoms. The van der Waals surface area contributed by atoms with Crippen LogP contribution in [0.2, 0.25) is 5.04 Å². The van der Waals surface area contributed by atoms with Gasteiger partial charge in [-0.25, -0.2) is 0 Å². The Hall–Kier alpha value is -3.05. The minimum Gasteiger partial charge on any atom is -0.449 e. The summed E-state index contributed by atoms with van der Waals surface area (Å²) in [7, 11) is -2.77. The van der Waals surface area contributed by atoms with Gasteiger partial charge in [0.15, 0.2) is 6.10 Å². The molecule has 0 aromatic heterocycles. The second-order valence-corrected chi connectivity index (χ2v) is 15.1. The Morgan fingerprint density at radius 2 is 1.45 bits per heavy atom. The lowest BCUT2D eigenvalue weighted by molar-refractivity contribution is -0.146. The minimum atomic E-state index is -2.77. The van der Waals surface area contributed by atoms with Gasteiger partial charge >= 0.3 is 5.97 Å². The Bertz CT molecular complexity index is 1120. The van der Waals surface area contributed by atoms with E-state index >= 15 is 0 Å². The molecule has 1 aliphatic rings. The van der Waals surface area contributed by atoms with Gasteiger partial charge in [-0.15, -0.1) is 0 Å². The maximum absolute atomic E-state index is 12.2. The van der Waals surface area contributed by atoms with Crippen LogP contribution in [0.25, 0.3) is 0 Å². The van der Waals surface area contributed by atoms with Crippen LogP contribution in [0.15, 0.2) is 72.8 Å². The van der Waals surface area contributed by atoms with Crippen molar-refractivity contribution in [3.63, 3.8) is 0 Å². The standard InChI is InChI=1S/C34H42O3Si/c1-5-29-21-19-20-23-30(22-13-9-7-6-8-10-18-28-33(35)36-29)37-38(34(2,3)4,31-24-14-11-15-25-31)32-26-16-12-17-27-32/h11-17,22,24-27,29-30H,5-10,18,28H2,1-4H3/t29-,30-/m0/s1. The summed E-state index contributed by atoms with van der Waals surface area (Å²) in [6.45, 7) is 8.79. The quantitative estimate of drug-likeness (QED) is 0.192. The van der Waals surface area contributed by atoms with Crippen LogP contribution in [-0.4, -0.2) is 26.5 Å². The summed E-state index contributed by atoms with van der Waals surface area (Å²) in [4.78, 5) is 12.2. The molecule has 0 radical (unpaired) electrons. The largest absolute Gasteiger partial charge is 0.449 e. The molecule has 0 amide bonds. The van der Waals surface area contributed by atoms with Crippen molar-refractivity contribution in [3.05, 3.63) is 72.8 Å². The Kier molecular flexibility index (Phi) is 11.5. The fraction of sp³-hybridized carbons (Fsp3) is 0.441. The summed E-state index contributed by atoms with van der Waals surface area (Å²) in [5, 5.41) is 2.30. The Balaban J connectivity index is 2.03. The molecule has 0 fully saturated rings. The van der Waals surface area contributed by atoms with Crippen LogP contribution in [0.5, 0.6) is 0 Å². The van der Waals surface area contributed by atoms with Crippen LogP contribution in [-0.2, 0) is 14.0 Å². The molecule has 0 unspecified atom stereocenters. The second kappa shape index (κ2) is 14.8. The van der Waals surface area contributed by atoms with Gasteiger partial charge < -0.3 is 9.16 Å². The third-order valence-corrected chi connectivity index (χ3v) is 12.0. The second-order valence-electron chi connectivity index (χ2n) is 10.9. The first kappa shape index (κ1) is 29.5. The Labute approximate surface area is 231 Å². The molecule has 1 heterocycles. The molecule has 200 valence electrons. The molecule has 2 aromatic carbocycles. The molecular formula is C34H42O3Si. The Morgan fingerprint density at radius 1 is 0.868 bits per heavy atom. The van der Waals surface area contributed by atoms with E-state index in [1.807, 2.05) is 6.92 Å². The highest BCUT2D eigenvalue weighted by Crippen LogP contribution is 2.37. The van der Waals surface area contributed by atoms with Gasteiger partial charge in [-0.2, -0.15) is 0 Å². The highest BCUT2D eigenvalue weighted by molar-refractivity contribution is 6.99. The van der Waals surface area contributed by atoms with Crippen LogP contribution in [0.4, 0.5) is 0 Å². The molecule has 0 bridgehead atoms. The van der Waals surface area contributed by atoms with Gasteiger partial charge in [0.1, 0.15) is 6.10 Å². The monoisotopic (exact) mass is 526 g/mol. The van der Waals surface area contributed by atoms with E-state index in [-0.39, 0.29) is 11.0 Å². The number of benzene rings is 2. The molecule has 0 spiro atoms. The summed E-state index contributed by atoms with van der Waals surface area (Å²) in [5.41, 5.74) is 0. The van der Waals surface area contributed by atoms with Crippen molar-refractivity contribution in [1.82, 2.24) is 0 Å². The van der Waals surface area contributed by atoms with E-state index in [0.717, 1.165) is 38.5 Å². The van der Waals surface area contributed by atoms with E-state index in [1.54, 1.807) is 0 Å². The number of carbonyl (C=O) groups excluding carboxylic acids is 1. The van der Waals surface area contributed by atoms with Crippen LogP contribution in [0.1, 0.15) is 79.1 Å². The zero-order chi connectivity index (χ0) is 27.3. The topological polar surface area (TPSA) is 35.5 Å². The lowest BCUT2D eigenvalue weighted by Gasteiger charge is -2.44. The number of rotatable bonds is 5. The van der Waals surface area contributed by atoms with Crippen molar-refractivity contribution in [1.29, 1.82) is 0 Å². The van der Waals surface area contributed by atoms with Crippen LogP contribution >= 0.6 is 0 Å². The SMILES string of the molecule is CC[C@H]1C#CC#C[C@@H](O[Si](c2ccccc2)(c2ccccc2)C(C)(C)C)C=CCCCCCCCC(=O)O1. The maximum atomic E-state index is 12.2. The number of hydrogen-bond donors (Lipinski definition) is 0. The first-order valence-corrected chi connectivity index (χ1v) is 15.9. The predicted octanol–water partition coefficient (Wildman–Crippen LogP) is 6.56. The van der Waals surface area contributed by atoms with E-state index in [1.165, 1.54) is 10.4 Å². The molecule has 1 aliphatic heterocycles. The van der Waals surface area contributed by atoms with E-state index in [4.69, 9.17) is 9.16 Å². The molecule has 3 rings (SSSR count). The normalized spacial score (nSPS) is 19.7. The van der Waals surface area contributed by atoms with Crippen molar-refractivity contribution in [3.8, 4) is 23.7 Å². The average Bonchev–Trinajstić information content (AvgIpc) is 2.92. The fourth-order valence-electron chi connectivity index (χ4n) is 4.94. The molecule has 2 aromatic rings. The van der Waals surface area contributed by atoms with Gasteiger partial charge in [0.25, 0.3) is 8.32 Å². The van der Waals surface area contributed by atoms with Crippen LogP contribution < -0.4 is 10.4 Å². The third-order valence-electron chi connectivity index (χ3n) is 6.94. The van der Waals surface area contributed by atoms with E-state index in [9.17, 15) is 4.79 Å². The molecule has 3 nitrogen and oxygen atoms in total. The summed E-state index contributed by atoms with van der Waals surface area (Å²) in [6.07, 6.45) is 10.9. The minimum absolute atomic E-state index is 0.147. The van der Waals surface area contributed by atoms with Crippen LogP contribution in [0.3, 0.4) is 0 Å². The van der Waals surface area contributed by atoms with Gasteiger partial charge in [0.05, 0.1) is 0 Å². The summed E-state index contributed by atoms with van der Waals surface area (Å²) in [5.74, 6) is 12.1. The van der Waals surface area contributed by atoms with Crippen molar-refractivity contribution in [2.45, 2.75) is 96.3 Å². The first-order valence-electron chi connectivity index (χ1n) is 14.0. The van der Waals surface area contributed by atoms with Crippen LogP contribution in [0, 0.1) is 23.7 Å². The molecule has 2 atom stereocenters. The first-order chi connectivity index (χ1) is 18.4. The lowest BCUT2D eigenvalue weighted by atomic mass is 10.1. The van der Waals surface area contributed by atoms with Gasteiger partial charge in [-0.05, 0) is 64.9 Å². The van der Waals surface area contributed by atoms with Crippen molar-refractivity contribution in [2.24, 2.45) is 0 Å². The van der Waals surface area contributed by atoms with Gasteiger partial charge in [0, 0.05) is 6.42 Å². The number of allylic oxidation sites excluding steroid dienone is 1. The molecular weight excluding hydrogens is 484 g/mol. The van der Waals surface area contributed by atoms with Crippen molar-refractivity contribution >= 4 is 24.7 Å². The van der Waals surface area contributed by atoms with Crippen molar-refractivity contribution in [2.75, 3.05) is 0 Å². The molecule has 38 heavy (non-hydrogen) atoms. The highest BCUT2D eigenvalue weighted by Gasteiger charge is 2.51. The molecule has 0 N–H and O–H groups in total. The summed E-state index contributed by atoms with van der Waals surface area (Å²) >= 11 is 0. The van der Waals surface area contributed by atoms with Crippen molar-refractivity contribution < 1.29 is 14.0 Å². The number of hydrogen-bond acceptors (Lipinski definition) is 3. The lowest BCUT2D eigenvalue weighted by Crippen LogP contribution is -2.67. The molecule has 0 aliphatic carbocycles.